The van der Waals surface area contributed by atoms with Crippen LogP contribution < -0.4 is 10.6 Å². The number of amides is 3. The molecule has 1 saturated heterocycles. The van der Waals surface area contributed by atoms with Gasteiger partial charge in [0.15, 0.2) is 0 Å². The second kappa shape index (κ2) is 9.39. The summed E-state index contributed by atoms with van der Waals surface area (Å²) in [5.74, 6) is -0.243. The largest absolute Gasteiger partial charge is 0.335 e. The molecule has 1 aliphatic heterocycles. The minimum absolute atomic E-state index is 0.0688. The predicted octanol–water partition coefficient (Wildman–Crippen LogP) is 1.43. The molecule has 0 aromatic heterocycles. The van der Waals surface area contributed by atoms with Gasteiger partial charge in [-0.3, -0.25) is 19.9 Å². The second-order valence-corrected chi connectivity index (χ2v) is 6.37. The standard InChI is InChI=1S/C18H28N4O2/c1-3-15(2)19-18(24)20-17(23)14-22-11-9-21(10-12-22)13-16-7-5-4-6-8-16/h4-8,15H,3,9-14H2,1-2H3,(H2,19,20,23,24)/t15-/m0/s1. The molecule has 2 rings (SSSR count). The monoisotopic (exact) mass is 332 g/mol. The topological polar surface area (TPSA) is 64.7 Å². The maximum absolute atomic E-state index is 11.9. The molecule has 24 heavy (non-hydrogen) atoms. The average molecular weight is 332 g/mol. The Morgan fingerprint density at radius 3 is 2.33 bits per heavy atom. The Kier molecular flexibility index (Phi) is 7.21. The van der Waals surface area contributed by atoms with Crippen LogP contribution in [0.1, 0.15) is 25.8 Å². The molecule has 0 radical (unpaired) electrons. The lowest BCUT2D eigenvalue weighted by molar-refractivity contribution is -0.121. The number of carbonyl (C=O) groups excluding carboxylic acids is 2. The highest BCUT2D eigenvalue weighted by atomic mass is 16.2. The van der Waals surface area contributed by atoms with E-state index in [-0.39, 0.29) is 18.5 Å². The zero-order valence-electron chi connectivity index (χ0n) is 14.6. The van der Waals surface area contributed by atoms with Crippen LogP contribution in [0, 0.1) is 0 Å². The number of urea groups is 1. The molecule has 0 saturated carbocycles. The zero-order valence-corrected chi connectivity index (χ0v) is 14.6. The number of rotatable bonds is 6. The van der Waals surface area contributed by atoms with Gasteiger partial charge in [0.1, 0.15) is 0 Å². The van der Waals surface area contributed by atoms with E-state index in [0.717, 1.165) is 39.1 Å². The van der Waals surface area contributed by atoms with Gasteiger partial charge in [-0.1, -0.05) is 37.3 Å². The van der Waals surface area contributed by atoms with Gasteiger partial charge < -0.3 is 5.32 Å². The van der Waals surface area contributed by atoms with Crippen molar-refractivity contribution in [1.82, 2.24) is 20.4 Å². The summed E-state index contributed by atoms with van der Waals surface area (Å²) >= 11 is 0. The molecule has 0 unspecified atom stereocenters. The minimum atomic E-state index is -0.405. The second-order valence-electron chi connectivity index (χ2n) is 6.37. The van der Waals surface area contributed by atoms with Crippen molar-refractivity contribution in [2.75, 3.05) is 32.7 Å². The van der Waals surface area contributed by atoms with E-state index in [1.807, 2.05) is 19.9 Å². The third-order valence-corrected chi connectivity index (χ3v) is 4.32. The van der Waals surface area contributed by atoms with E-state index < -0.39 is 6.03 Å². The van der Waals surface area contributed by atoms with Crippen molar-refractivity contribution in [3.8, 4) is 0 Å². The Hall–Kier alpha value is -1.92. The first-order valence-electron chi connectivity index (χ1n) is 8.65. The highest BCUT2D eigenvalue weighted by molar-refractivity contribution is 5.95. The number of imide groups is 1. The number of carbonyl (C=O) groups is 2. The number of nitrogens with zero attached hydrogens (tertiary/aromatic N) is 2. The number of hydrogen-bond acceptors (Lipinski definition) is 4. The summed E-state index contributed by atoms with van der Waals surface area (Å²) in [7, 11) is 0. The van der Waals surface area contributed by atoms with Gasteiger partial charge in [-0.15, -0.1) is 0 Å². The van der Waals surface area contributed by atoms with Crippen molar-refractivity contribution in [3.05, 3.63) is 35.9 Å². The van der Waals surface area contributed by atoms with Gasteiger partial charge in [-0.05, 0) is 18.9 Å². The fourth-order valence-corrected chi connectivity index (χ4v) is 2.68. The lowest BCUT2D eigenvalue weighted by atomic mass is 10.2. The van der Waals surface area contributed by atoms with Gasteiger partial charge in [-0.25, -0.2) is 4.79 Å². The van der Waals surface area contributed by atoms with Crippen molar-refractivity contribution < 1.29 is 9.59 Å². The normalized spacial score (nSPS) is 17.2. The number of piperazine rings is 1. The molecule has 1 aromatic carbocycles. The molecule has 132 valence electrons. The first-order valence-corrected chi connectivity index (χ1v) is 8.65. The van der Waals surface area contributed by atoms with Crippen LogP contribution in [0.5, 0.6) is 0 Å². The van der Waals surface area contributed by atoms with Crippen molar-refractivity contribution >= 4 is 11.9 Å². The fourth-order valence-electron chi connectivity index (χ4n) is 2.68. The summed E-state index contributed by atoms with van der Waals surface area (Å²) < 4.78 is 0. The minimum Gasteiger partial charge on any atom is -0.335 e. The van der Waals surface area contributed by atoms with E-state index in [4.69, 9.17) is 0 Å². The molecule has 6 heteroatoms. The molecule has 0 aliphatic carbocycles. The Balaban J connectivity index is 1.67. The van der Waals surface area contributed by atoms with Crippen LogP contribution in [0.25, 0.3) is 0 Å². The molecule has 1 atom stereocenters. The van der Waals surface area contributed by atoms with Gasteiger partial charge in [0, 0.05) is 38.8 Å². The van der Waals surface area contributed by atoms with Gasteiger partial charge in [0.25, 0.3) is 0 Å². The number of hydrogen-bond donors (Lipinski definition) is 2. The molecular weight excluding hydrogens is 304 g/mol. The Bertz CT molecular complexity index is 527. The fraction of sp³-hybridized carbons (Fsp3) is 0.556. The summed E-state index contributed by atoms with van der Waals surface area (Å²) in [6, 6.07) is 10.1. The van der Waals surface area contributed by atoms with E-state index in [0.29, 0.717) is 0 Å². The molecule has 0 bridgehead atoms. The zero-order chi connectivity index (χ0) is 17.4. The maximum atomic E-state index is 11.9. The van der Waals surface area contributed by atoms with Gasteiger partial charge in [0.05, 0.1) is 6.54 Å². The Morgan fingerprint density at radius 2 is 1.71 bits per heavy atom. The van der Waals surface area contributed by atoms with Crippen molar-refractivity contribution in [2.45, 2.75) is 32.9 Å². The summed E-state index contributed by atoms with van der Waals surface area (Å²) in [5, 5.41) is 5.13. The third-order valence-electron chi connectivity index (χ3n) is 4.32. The smallest absolute Gasteiger partial charge is 0.321 e. The van der Waals surface area contributed by atoms with Crippen molar-refractivity contribution in [3.63, 3.8) is 0 Å². The molecule has 0 spiro atoms. The van der Waals surface area contributed by atoms with Gasteiger partial charge in [0.2, 0.25) is 5.91 Å². The van der Waals surface area contributed by atoms with Crippen LogP contribution in [0.15, 0.2) is 30.3 Å². The molecule has 1 aliphatic rings. The molecule has 6 nitrogen and oxygen atoms in total. The van der Waals surface area contributed by atoms with Crippen molar-refractivity contribution in [2.24, 2.45) is 0 Å². The molecule has 3 amide bonds. The summed E-state index contributed by atoms with van der Waals surface area (Å²) in [5.41, 5.74) is 1.31. The first kappa shape index (κ1) is 18.4. The molecule has 1 fully saturated rings. The predicted molar refractivity (Wildman–Crippen MR) is 94.6 cm³/mol. The van der Waals surface area contributed by atoms with Crippen LogP contribution in [-0.2, 0) is 11.3 Å². The lowest BCUT2D eigenvalue weighted by Crippen LogP contribution is -2.51. The number of benzene rings is 1. The first-order chi connectivity index (χ1) is 11.6. The van der Waals surface area contributed by atoms with E-state index in [2.05, 4.69) is 44.7 Å². The molecule has 2 N–H and O–H groups in total. The van der Waals surface area contributed by atoms with E-state index in [9.17, 15) is 9.59 Å². The Morgan fingerprint density at radius 1 is 1.08 bits per heavy atom. The molecular formula is C18H28N4O2. The van der Waals surface area contributed by atoms with Crippen LogP contribution in [-0.4, -0.2) is 60.5 Å². The van der Waals surface area contributed by atoms with Crippen LogP contribution in [0.2, 0.25) is 0 Å². The van der Waals surface area contributed by atoms with Crippen LogP contribution >= 0.6 is 0 Å². The van der Waals surface area contributed by atoms with E-state index >= 15 is 0 Å². The van der Waals surface area contributed by atoms with E-state index in [1.54, 1.807) is 0 Å². The van der Waals surface area contributed by atoms with Gasteiger partial charge in [-0.2, -0.15) is 0 Å². The molecule has 1 aromatic rings. The highest BCUT2D eigenvalue weighted by Crippen LogP contribution is 2.08. The Labute approximate surface area is 144 Å². The summed E-state index contributed by atoms with van der Waals surface area (Å²) in [4.78, 5) is 28.1. The highest BCUT2D eigenvalue weighted by Gasteiger charge is 2.20. The average Bonchev–Trinajstić information content (AvgIpc) is 2.57. The van der Waals surface area contributed by atoms with Crippen LogP contribution in [0.4, 0.5) is 4.79 Å². The SMILES string of the molecule is CC[C@H](C)NC(=O)NC(=O)CN1CCN(Cc2ccccc2)CC1. The van der Waals surface area contributed by atoms with Crippen molar-refractivity contribution in [1.29, 1.82) is 0 Å². The van der Waals surface area contributed by atoms with Gasteiger partial charge >= 0.3 is 6.03 Å². The third kappa shape index (κ3) is 6.29. The summed E-state index contributed by atoms with van der Waals surface area (Å²) in [6.45, 7) is 8.66. The lowest BCUT2D eigenvalue weighted by Gasteiger charge is -2.34. The van der Waals surface area contributed by atoms with E-state index in [1.165, 1.54) is 5.56 Å². The molecule has 1 heterocycles. The van der Waals surface area contributed by atoms with Crippen LogP contribution in [0.3, 0.4) is 0 Å². The summed E-state index contributed by atoms with van der Waals surface area (Å²) in [6.07, 6.45) is 0.838. The number of nitrogens with one attached hydrogen (secondary N) is 2. The quantitative estimate of drug-likeness (QED) is 0.827. The maximum Gasteiger partial charge on any atom is 0.321 e.